The summed E-state index contributed by atoms with van der Waals surface area (Å²) in [4.78, 5) is 18.8. The van der Waals surface area contributed by atoms with Gasteiger partial charge in [0, 0.05) is 31.1 Å². The van der Waals surface area contributed by atoms with E-state index in [2.05, 4.69) is 9.71 Å². The number of benzene rings is 1. The van der Waals surface area contributed by atoms with E-state index in [0.717, 1.165) is 29.1 Å². The van der Waals surface area contributed by atoms with Crippen molar-refractivity contribution in [3.8, 4) is 0 Å². The van der Waals surface area contributed by atoms with E-state index < -0.39 is 10.0 Å². The van der Waals surface area contributed by atoms with Crippen molar-refractivity contribution in [1.82, 2.24) is 14.6 Å². The predicted molar refractivity (Wildman–Crippen MR) is 112 cm³/mol. The van der Waals surface area contributed by atoms with Crippen molar-refractivity contribution in [3.05, 3.63) is 52.0 Å². The summed E-state index contributed by atoms with van der Waals surface area (Å²) in [7, 11) is -3.53. The number of sulfonamides is 1. The summed E-state index contributed by atoms with van der Waals surface area (Å²) in [5.74, 6) is 0.0459. The molecule has 1 saturated heterocycles. The second kappa shape index (κ2) is 8.98. The van der Waals surface area contributed by atoms with Gasteiger partial charge >= 0.3 is 0 Å². The molecule has 28 heavy (non-hydrogen) atoms. The molecule has 2 heterocycles. The van der Waals surface area contributed by atoms with Crippen molar-refractivity contribution in [2.24, 2.45) is 5.92 Å². The SMILES string of the molecule is Cc1ccc(S(=O)(=O)NCC2CCCN(C(=O)/C=C/c3csc(C)n3)C2)cc1. The molecular weight excluding hydrogens is 394 g/mol. The van der Waals surface area contributed by atoms with Gasteiger partial charge in [-0.3, -0.25) is 4.79 Å². The van der Waals surface area contributed by atoms with Gasteiger partial charge in [-0.25, -0.2) is 18.1 Å². The van der Waals surface area contributed by atoms with Gasteiger partial charge in [-0.05, 0) is 50.8 Å². The number of piperidine rings is 1. The summed E-state index contributed by atoms with van der Waals surface area (Å²) >= 11 is 1.55. The minimum absolute atomic E-state index is 0.0586. The van der Waals surface area contributed by atoms with Gasteiger partial charge in [-0.1, -0.05) is 17.7 Å². The summed E-state index contributed by atoms with van der Waals surface area (Å²) in [5, 5.41) is 2.88. The Labute approximate surface area is 170 Å². The molecule has 1 aromatic heterocycles. The molecule has 3 rings (SSSR count). The number of likely N-dealkylation sites (tertiary alicyclic amines) is 1. The number of carbonyl (C=O) groups excluding carboxylic acids is 1. The molecule has 2 aromatic rings. The van der Waals surface area contributed by atoms with E-state index in [1.807, 2.05) is 19.2 Å². The zero-order chi connectivity index (χ0) is 20.1. The molecule has 1 atom stereocenters. The molecule has 0 bridgehead atoms. The lowest BCUT2D eigenvalue weighted by Gasteiger charge is -2.32. The minimum atomic E-state index is -3.53. The van der Waals surface area contributed by atoms with Gasteiger partial charge in [0.25, 0.3) is 0 Å². The lowest BCUT2D eigenvalue weighted by Crippen LogP contribution is -2.43. The van der Waals surface area contributed by atoms with Crippen molar-refractivity contribution in [1.29, 1.82) is 0 Å². The number of hydrogen-bond acceptors (Lipinski definition) is 5. The Balaban J connectivity index is 1.55. The molecule has 1 N–H and O–H groups in total. The number of rotatable bonds is 6. The Morgan fingerprint density at radius 1 is 1.32 bits per heavy atom. The van der Waals surface area contributed by atoms with Crippen LogP contribution in [0.5, 0.6) is 0 Å². The first-order valence-corrected chi connectivity index (χ1v) is 11.7. The molecule has 6 nitrogen and oxygen atoms in total. The number of thiazole rings is 1. The highest BCUT2D eigenvalue weighted by atomic mass is 32.2. The van der Waals surface area contributed by atoms with E-state index in [4.69, 9.17) is 0 Å². The predicted octanol–water partition coefficient (Wildman–Crippen LogP) is 2.99. The first kappa shape index (κ1) is 20.7. The van der Waals surface area contributed by atoms with E-state index in [1.54, 1.807) is 52.7 Å². The summed E-state index contributed by atoms with van der Waals surface area (Å²) in [6, 6.07) is 6.79. The molecule has 1 unspecified atom stereocenters. The number of nitrogens with one attached hydrogen (secondary N) is 1. The first-order chi connectivity index (χ1) is 13.3. The van der Waals surface area contributed by atoms with Crippen LogP contribution >= 0.6 is 11.3 Å². The topological polar surface area (TPSA) is 79.4 Å². The monoisotopic (exact) mass is 419 g/mol. The minimum Gasteiger partial charge on any atom is -0.339 e. The van der Waals surface area contributed by atoms with Gasteiger partial charge in [0.2, 0.25) is 15.9 Å². The molecule has 0 spiro atoms. The largest absolute Gasteiger partial charge is 0.339 e. The zero-order valence-electron chi connectivity index (χ0n) is 16.1. The standard InChI is InChI=1S/C20H25N3O3S2/c1-15-5-8-19(9-6-15)28(25,26)21-12-17-4-3-11-23(13-17)20(24)10-7-18-14-27-16(2)22-18/h5-10,14,17,21H,3-4,11-13H2,1-2H3/b10-7+. The van der Waals surface area contributed by atoms with Crippen LogP contribution in [0.15, 0.2) is 40.6 Å². The van der Waals surface area contributed by atoms with E-state index in [9.17, 15) is 13.2 Å². The third-order valence-corrected chi connectivity index (χ3v) is 6.99. The number of amides is 1. The van der Waals surface area contributed by atoms with Gasteiger partial charge in [-0.15, -0.1) is 11.3 Å². The van der Waals surface area contributed by atoms with Gasteiger partial charge in [0.1, 0.15) is 0 Å². The highest BCUT2D eigenvalue weighted by Crippen LogP contribution is 2.18. The fourth-order valence-electron chi connectivity index (χ4n) is 3.18. The molecule has 0 radical (unpaired) electrons. The molecule has 1 fully saturated rings. The molecule has 0 aliphatic carbocycles. The maximum Gasteiger partial charge on any atom is 0.246 e. The van der Waals surface area contributed by atoms with Gasteiger partial charge in [0.15, 0.2) is 0 Å². The lowest BCUT2D eigenvalue weighted by atomic mass is 9.98. The van der Waals surface area contributed by atoms with Crippen LogP contribution in [0.1, 0.15) is 29.1 Å². The first-order valence-electron chi connectivity index (χ1n) is 9.29. The average Bonchev–Trinajstić information content (AvgIpc) is 3.10. The van der Waals surface area contributed by atoms with Crippen LogP contribution in [0.4, 0.5) is 0 Å². The zero-order valence-corrected chi connectivity index (χ0v) is 17.7. The van der Waals surface area contributed by atoms with E-state index in [1.165, 1.54) is 0 Å². The van der Waals surface area contributed by atoms with Crippen LogP contribution in [0.3, 0.4) is 0 Å². The van der Waals surface area contributed by atoms with Crippen LogP contribution in [0, 0.1) is 19.8 Å². The third kappa shape index (κ3) is 5.50. The van der Waals surface area contributed by atoms with Crippen molar-refractivity contribution >= 4 is 33.3 Å². The number of carbonyl (C=O) groups is 1. The second-order valence-corrected chi connectivity index (χ2v) is 9.91. The van der Waals surface area contributed by atoms with Gasteiger partial charge in [0.05, 0.1) is 15.6 Å². The van der Waals surface area contributed by atoms with Crippen LogP contribution in [-0.4, -0.2) is 43.8 Å². The van der Waals surface area contributed by atoms with Crippen molar-refractivity contribution in [3.63, 3.8) is 0 Å². The Morgan fingerprint density at radius 3 is 2.75 bits per heavy atom. The van der Waals surface area contributed by atoms with E-state index >= 15 is 0 Å². The molecule has 1 aliphatic heterocycles. The summed E-state index contributed by atoms with van der Waals surface area (Å²) in [6.45, 7) is 5.42. The highest BCUT2D eigenvalue weighted by Gasteiger charge is 2.24. The summed E-state index contributed by atoms with van der Waals surface area (Å²) < 4.78 is 27.6. The molecular formula is C20H25N3O3S2. The Morgan fingerprint density at radius 2 is 2.07 bits per heavy atom. The van der Waals surface area contributed by atoms with Gasteiger partial charge < -0.3 is 4.90 Å². The highest BCUT2D eigenvalue weighted by molar-refractivity contribution is 7.89. The number of aromatic nitrogens is 1. The number of nitrogens with zero attached hydrogens (tertiary/aromatic N) is 2. The van der Waals surface area contributed by atoms with Crippen molar-refractivity contribution in [2.75, 3.05) is 19.6 Å². The Kier molecular flexibility index (Phi) is 6.64. The van der Waals surface area contributed by atoms with Crippen molar-refractivity contribution < 1.29 is 13.2 Å². The summed E-state index contributed by atoms with van der Waals surface area (Å²) in [6.07, 6.45) is 5.05. The van der Waals surface area contributed by atoms with E-state index in [0.29, 0.717) is 19.6 Å². The quantitative estimate of drug-likeness (QED) is 0.730. The number of hydrogen-bond donors (Lipinski definition) is 1. The fourth-order valence-corrected chi connectivity index (χ4v) is 4.88. The molecule has 8 heteroatoms. The molecule has 1 aromatic carbocycles. The normalized spacial score (nSPS) is 17.9. The summed E-state index contributed by atoms with van der Waals surface area (Å²) in [5.41, 5.74) is 1.80. The molecule has 1 aliphatic rings. The van der Waals surface area contributed by atoms with Crippen LogP contribution in [0.25, 0.3) is 6.08 Å². The second-order valence-electron chi connectivity index (χ2n) is 7.08. The van der Waals surface area contributed by atoms with Crippen LogP contribution in [0.2, 0.25) is 0 Å². The molecule has 1 amide bonds. The molecule has 0 saturated carbocycles. The van der Waals surface area contributed by atoms with Crippen LogP contribution in [-0.2, 0) is 14.8 Å². The average molecular weight is 420 g/mol. The maximum atomic E-state index is 12.5. The Hall–Kier alpha value is -2.03. The van der Waals surface area contributed by atoms with Gasteiger partial charge in [-0.2, -0.15) is 0 Å². The van der Waals surface area contributed by atoms with Crippen LogP contribution < -0.4 is 4.72 Å². The third-order valence-electron chi connectivity index (χ3n) is 4.76. The maximum absolute atomic E-state index is 12.5. The molecule has 150 valence electrons. The lowest BCUT2D eigenvalue weighted by molar-refractivity contribution is -0.127. The fraction of sp³-hybridized carbons (Fsp3) is 0.400. The van der Waals surface area contributed by atoms with E-state index in [-0.39, 0.29) is 16.7 Å². The van der Waals surface area contributed by atoms with Crippen molar-refractivity contribution in [2.45, 2.75) is 31.6 Å². The Bertz CT molecular complexity index is 949. The smallest absolute Gasteiger partial charge is 0.246 e. The number of aryl methyl sites for hydroxylation is 2.